The molecule has 10 heteroatoms. The summed E-state index contributed by atoms with van der Waals surface area (Å²) in [7, 11) is -3.75. The normalized spacial score (nSPS) is 11.8. The van der Waals surface area contributed by atoms with E-state index in [0.29, 0.717) is 17.0 Å². The SMILES string of the molecule is Cc1nc2c(cnn2C(C)C)cc1C(=O)OCCOc1ccc(S(N)(=O)=O)cc1. The van der Waals surface area contributed by atoms with Gasteiger partial charge in [0.25, 0.3) is 0 Å². The lowest BCUT2D eigenvalue weighted by molar-refractivity contribution is 0.0449. The van der Waals surface area contributed by atoms with Crippen molar-refractivity contribution in [3.05, 3.63) is 47.8 Å². The fourth-order valence-electron chi connectivity index (χ4n) is 2.75. The van der Waals surface area contributed by atoms with Crippen molar-refractivity contribution in [1.82, 2.24) is 14.8 Å². The molecule has 0 saturated carbocycles. The van der Waals surface area contributed by atoms with E-state index in [1.165, 1.54) is 24.3 Å². The number of carbonyl (C=O) groups is 1. The Bertz CT molecular complexity index is 1140. The van der Waals surface area contributed by atoms with Crippen LogP contribution in [0.4, 0.5) is 0 Å². The van der Waals surface area contributed by atoms with Crippen molar-refractivity contribution in [1.29, 1.82) is 0 Å². The van der Waals surface area contributed by atoms with E-state index in [-0.39, 0.29) is 24.2 Å². The molecule has 0 unspecified atom stereocenters. The zero-order chi connectivity index (χ0) is 21.2. The number of primary sulfonamides is 1. The lowest BCUT2D eigenvalue weighted by Gasteiger charge is -2.10. The quantitative estimate of drug-likeness (QED) is 0.460. The van der Waals surface area contributed by atoms with Gasteiger partial charge >= 0.3 is 5.97 Å². The number of ether oxygens (including phenoxy) is 2. The molecule has 0 atom stereocenters. The Morgan fingerprint density at radius 1 is 1.21 bits per heavy atom. The molecule has 3 aromatic rings. The van der Waals surface area contributed by atoms with Crippen molar-refractivity contribution in [3.8, 4) is 5.75 Å². The Kier molecular flexibility index (Phi) is 5.85. The van der Waals surface area contributed by atoms with Gasteiger partial charge in [0, 0.05) is 11.4 Å². The van der Waals surface area contributed by atoms with E-state index < -0.39 is 16.0 Å². The number of sulfonamides is 1. The highest BCUT2D eigenvalue weighted by atomic mass is 32.2. The van der Waals surface area contributed by atoms with Gasteiger partial charge in [-0.05, 0) is 51.1 Å². The lowest BCUT2D eigenvalue weighted by atomic mass is 10.2. The topological polar surface area (TPSA) is 126 Å². The third-order valence-corrected chi connectivity index (χ3v) is 5.14. The summed E-state index contributed by atoms with van der Waals surface area (Å²) >= 11 is 0. The second kappa shape index (κ2) is 8.18. The Hall–Kier alpha value is -2.98. The maximum Gasteiger partial charge on any atom is 0.340 e. The van der Waals surface area contributed by atoms with Crippen molar-refractivity contribution in [2.45, 2.75) is 31.7 Å². The molecule has 2 aromatic heterocycles. The summed E-state index contributed by atoms with van der Waals surface area (Å²) in [6.07, 6.45) is 1.67. The molecule has 9 nitrogen and oxygen atoms in total. The summed E-state index contributed by atoms with van der Waals surface area (Å²) in [5.41, 5.74) is 1.66. The minimum atomic E-state index is -3.75. The Balaban J connectivity index is 1.59. The van der Waals surface area contributed by atoms with E-state index in [9.17, 15) is 13.2 Å². The van der Waals surface area contributed by atoms with Crippen molar-refractivity contribution >= 4 is 27.0 Å². The van der Waals surface area contributed by atoms with Gasteiger partial charge in [-0.25, -0.2) is 28.0 Å². The van der Waals surface area contributed by atoms with Gasteiger partial charge in [0.1, 0.15) is 19.0 Å². The molecule has 0 spiro atoms. The lowest BCUT2D eigenvalue weighted by Crippen LogP contribution is -2.14. The molecule has 2 heterocycles. The van der Waals surface area contributed by atoms with Gasteiger partial charge in [0.15, 0.2) is 5.65 Å². The molecule has 0 aliphatic carbocycles. The van der Waals surface area contributed by atoms with Gasteiger partial charge < -0.3 is 9.47 Å². The molecule has 0 bridgehead atoms. The van der Waals surface area contributed by atoms with Crippen molar-refractivity contribution in [2.24, 2.45) is 5.14 Å². The number of hydrogen-bond donors (Lipinski definition) is 1. The monoisotopic (exact) mass is 418 g/mol. The maximum atomic E-state index is 12.4. The maximum absolute atomic E-state index is 12.4. The molecule has 154 valence electrons. The van der Waals surface area contributed by atoms with Crippen LogP contribution in [0.5, 0.6) is 5.75 Å². The number of aryl methyl sites for hydroxylation is 1. The highest BCUT2D eigenvalue weighted by Crippen LogP contribution is 2.20. The Labute approximate surface area is 168 Å². The van der Waals surface area contributed by atoms with Gasteiger partial charge in [0.2, 0.25) is 10.0 Å². The first kappa shape index (κ1) is 20.7. The second-order valence-corrected chi connectivity index (χ2v) is 8.28. The summed E-state index contributed by atoms with van der Waals surface area (Å²) < 4.78 is 35.0. The number of rotatable bonds is 7. The second-order valence-electron chi connectivity index (χ2n) is 6.72. The Morgan fingerprint density at radius 2 is 1.90 bits per heavy atom. The van der Waals surface area contributed by atoms with Gasteiger partial charge in [-0.1, -0.05) is 0 Å². The number of nitrogens with zero attached hydrogens (tertiary/aromatic N) is 3. The average Bonchev–Trinajstić information content (AvgIpc) is 3.07. The summed E-state index contributed by atoms with van der Waals surface area (Å²) in [5, 5.41) is 10.1. The van der Waals surface area contributed by atoms with Crippen LogP contribution in [-0.4, -0.2) is 42.4 Å². The Morgan fingerprint density at radius 3 is 2.52 bits per heavy atom. The summed E-state index contributed by atoms with van der Waals surface area (Å²) in [6.45, 7) is 5.90. The predicted molar refractivity (Wildman–Crippen MR) is 106 cm³/mol. The number of fused-ring (bicyclic) bond motifs is 1. The molecule has 0 aliphatic heterocycles. The largest absolute Gasteiger partial charge is 0.490 e. The molecular formula is C19H22N4O5S. The molecule has 1 aromatic carbocycles. The first-order valence-corrected chi connectivity index (χ1v) is 10.5. The minimum Gasteiger partial charge on any atom is -0.490 e. The van der Waals surface area contributed by atoms with E-state index in [4.69, 9.17) is 14.6 Å². The summed E-state index contributed by atoms with van der Waals surface area (Å²) in [6, 6.07) is 7.54. The van der Waals surface area contributed by atoms with Gasteiger partial charge in [-0.15, -0.1) is 0 Å². The van der Waals surface area contributed by atoms with Crippen molar-refractivity contribution in [2.75, 3.05) is 13.2 Å². The van der Waals surface area contributed by atoms with Crippen LogP contribution in [0.2, 0.25) is 0 Å². The molecule has 2 N–H and O–H groups in total. The average molecular weight is 418 g/mol. The smallest absolute Gasteiger partial charge is 0.340 e. The van der Waals surface area contributed by atoms with Crippen LogP contribution in [0.3, 0.4) is 0 Å². The number of esters is 1. The van der Waals surface area contributed by atoms with Crippen molar-refractivity contribution in [3.63, 3.8) is 0 Å². The fraction of sp³-hybridized carbons (Fsp3) is 0.316. The first-order valence-electron chi connectivity index (χ1n) is 8.94. The fourth-order valence-corrected chi connectivity index (χ4v) is 3.26. The van der Waals surface area contributed by atoms with Crippen LogP contribution in [0, 0.1) is 6.92 Å². The van der Waals surface area contributed by atoms with Gasteiger partial charge in [-0.2, -0.15) is 5.10 Å². The molecule has 0 amide bonds. The molecule has 0 radical (unpaired) electrons. The van der Waals surface area contributed by atoms with Crippen LogP contribution < -0.4 is 9.88 Å². The van der Waals surface area contributed by atoms with Crippen molar-refractivity contribution < 1.29 is 22.7 Å². The first-order chi connectivity index (χ1) is 13.7. The standard InChI is InChI=1S/C19H22N4O5S/c1-12(2)23-18-14(11-21-23)10-17(13(3)22-18)19(24)28-9-8-27-15-4-6-16(7-5-15)29(20,25)26/h4-7,10-12H,8-9H2,1-3H3,(H2,20,25,26). The summed E-state index contributed by atoms with van der Waals surface area (Å²) in [4.78, 5) is 16.9. The van der Waals surface area contributed by atoms with Crippen LogP contribution >= 0.6 is 0 Å². The number of nitrogens with two attached hydrogens (primary N) is 1. The van der Waals surface area contributed by atoms with E-state index in [1.54, 1.807) is 23.9 Å². The molecule has 3 rings (SSSR count). The molecular weight excluding hydrogens is 396 g/mol. The molecule has 0 fully saturated rings. The third-order valence-electron chi connectivity index (χ3n) is 4.21. The van der Waals surface area contributed by atoms with Crippen LogP contribution in [0.1, 0.15) is 35.9 Å². The van der Waals surface area contributed by atoms with Crippen LogP contribution in [-0.2, 0) is 14.8 Å². The number of pyridine rings is 1. The number of hydrogen-bond acceptors (Lipinski definition) is 7. The number of carbonyl (C=O) groups excluding carboxylic acids is 1. The highest BCUT2D eigenvalue weighted by Gasteiger charge is 2.16. The van der Waals surface area contributed by atoms with E-state index in [2.05, 4.69) is 10.1 Å². The predicted octanol–water partition coefficient (Wildman–Crippen LogP) is 2.20. The highest BCUT2D eigenvalue weighted by molar-refractivity contribution is 7.89. The molecule has 0 aliphatic rings. The van der Waals surface area contributed by atoms with E-state index in [0.717, 1.165) is 11.0 Å². The minimum absolute atomic E-state index is 0.00423. The number of aromatic nitrogens is 3. The zero-order valence-corrected chi connectivity index (χ0v) is 17.1. The summed E-state index contributed by atoms with van der Waals surface area (Å²) in [5.74, 6) is -0.0591. The van der Waals surface area contributed by atoms with Crippen LogP contribution in [0.15, 0.2) is 41.4 Å². The third kappa shape index (κ3) is 4.72. The molecule has 0 saturated heterocycles. The number of benzene rings is 1. The van der Waals surface area contributed by atoms with Gasteiger partial charge in [0.05, 0.1) is 22.3 Å². The van der Waals surface area contributed by atoms with E-state index in [1.807, 2.05) is 13.8 Å². The molecule has 29 heavy (non-hydrogen) atoms. The zero-order valence-electron chi connectivity index (χ0n) is 16.3. The van der Waals surface area contributed by atoms with Gasteiger partial charge in [-0.3, -0.25) is 0 Å². The van der Waals surface area contributed by atoms with Crippen LogP contribution in [0.25, 0.3) is 11.0 Å². The van der Waals surface area contributed by atoms with E-state index >= 15 is 0 Å².